The molecule has 1 aliphatic carbocycles. The Kier molecular flexibility index (Phi) is 5.51. The zero-order chi connectivity index (χ0) is 15.4. The molecule has 4 nitrogen and oxygen atoms in total. The molecule has 0 bridgehead atoms. The third kappa shape index (κ3) is 5.24. The maximum Gasteiger partial charge on any atom is 0.301 e. The van der Waals surface area contributed by atoms with Crippen molar-refractivity contribution in [3.05, 3.63) is 28.2 Å². The number of hydroxylamine groups is 1. The molecule has 0 aliphatic heterocycles. The van der Waals surface area contributed by atoms with Crippen LogP contribution in [0.3, 0.4) is 0 Å². The topological polar surface area (TPSA) is 56.0 Å². The van der Waals surface area contributed by atoms with Crippen LogP contribution in [0.5, 0.6) is 0 Å². The number of hydrogen-bond donors (Lipinski definition) is 0. The number of rotatable bonds is 7. The molecule has 0 N–H and O–H groups in total. The van der Waals surface area contributed by atoms with Crippen LogP contribution >= 0.6 is 11.3 Å². The Morgan fingerprint density at radius 1 is 1.52 bits per heavy atom. The quantitative estimate of drug-likeness (QED) is 0.332. The van der Waals surface area contributed by atoms with Gasteiger partial charge in [-0.25, -0.2) is 14.1 Å². The second kappa shape index (κ2) is 7.17. The molecular weight excluding hydrogens is 325 g/mol. The molecule has 116 valence electrons. The van der Waals surface area contributed by atoms with E-state index >= 15 is 0 Å². The molecular formula is C12H13F3N2O2S2. The number of thiazole rings is 1. The van der Waals surface area contributed by atoms with Crippen molar-refractivity contribution in [3.8, 4) is 0 Å². The summed E-state index contributed by atoms with van der Waals surface area (Å²) in [6, 6.07) is 0. The fraction of sp³-hybridized carbons (Fsp3) is 0.500. The van der Waals surface area contributed by atoms with Gasteiger partial charge in [0.05, 0.1) is 10.8 Å². The first-order chi connectivity index (χ1) is 9.95. The molecule has 0 aromatic carbocycles. The highest BCUT2D eigenvalue weighted by atomic mass is 32.2. The number of halogens is 3. The highest BCUT2D eigenvalue weighted by Crippen LogP contribution is 2.28. The summed E-state index contributed by atoms with van der Waals surface area (Å²) in [5.74, 6) is -1.38. The summed E-state index contributed by atoms with van der Waals surface area (Å²) in [5.41, 5.74) is 0.381. The SMILES string of the molecule is O=S(CCC(F)=C(F)F)c1nc(/C=[N+](\[O-])CC2CC2)cs1. The van der Waals surface area contributed by atoms with E-state index in [0.717, 1.165) is 28.9 Å². The van der Waals surface area contributed by atoms with Crippen molar-refractivity contribution in [3.63, 3.8) is 0 Å². The fourth-order valence-corrected chi connectivity index (χ4v) is 3.62. The molecule has 0 amide bonds. The van der Waals surface area contributed by atoms with E-state index < -0.39 is 29.1 Å². The van der Waals surface area contributed by atoms with Gasteiger partial charge in [-0.1, -0.05) is 0 Å². The predicted molar refractivity (Wildman–Crippen MR) is 74.7 cm³/mol. The Bertz CT molecular complexity index is 593. The Hall–Kier alpha value is -1.22. The minimum atomic E-state index is -2.39. The Morgan fingerprint density at radius 3 is 2.86 bits per heavy atom. The summed E-state index contributed by atoms with van der Waals surface area (Å²) in [6.07, 6.45) is 0.453. The van der Waals surface area contributed by atoms with Crippen molar-refractivity contribution in [2.24, 2.45) is 5.92 Å². The van der Waals surface area contributed by atoms with Gasteiger partial charge in [0.2, 0.25) is 6.21 Å². The Morgan fingerprint density at radius 2 is 2.24 bits per heavy atom. The van der Waals surface area contributed by atoms with E-state index in [4.69, 9.17) is 0 Å². The van der Waals surface area contributed by atoms with E-state index in [1.54, 1.807) is 5.38 Å². The smallest absolute Gasteiger partial charge is 0.301 e. The minimum Gasteiger partial charge on any atom is -0.624 e. The van der Waals surface area contributed by atoms with Gasteiger partial charge in [0, 0.05) is 23.5 Å². The average Bonchev–Trinajstić information content (AvgIpc) is 3.11. The molecule has 0 radical (unpaired) electrons. The summed E-state index contributed by atoms with van der Waals surface area (Å²) >= 11 is 1.06. The van der Waals surface area contributed by atoms with E-state index in [2.05, 4.69) is 4.98 Å². The van der Waals surface area contributed by atoms with Crippen LogP contribution < -0.4 is 0 Å². The number of hydrogen-bond acceptors (Lipinski definition) is 4. The van der Waals surface area contributed by atoms with E-state index in [1.165, 1.54) is 6.21 Å². The van der Waals surface area contributed by atoms with E-state index in [0.29, 0.717) is 18.2 Å². The number of aromatic nitrogens is 1. The zero-order valence-corrected chi connectivity index (χ0v) is 12.6. The molecule has 1 aromatic heterocycles. The Balaban J connectivity index is 1.92. The van der Waals surface area contributed by atoms with Crippen LogP contribution in [0.15, 0.2) is 21.6 Å². The normalized spacial score (nSPS) is 16.8. The first-order valence-electron chi connectivity index (χ1n) is 6.28. The van der Waals surface area contributed by atoms with Crippen LogP contribution in [0.1, 0.15) is 25.0 Å². The third-order valence-electron chi connectivity index (χ3n) is 2.82. The lowest BCUT2D eigenvalue weighted by Crippen LogP contribution is -2.09. The van der Waals surface area contributed by atoms with Gasteiger partial charge in [-0.3, -0.25) is 4.21 Å². The molecule has 0 saturated heterocycles. The van der Waals surface area contributed by atoms with Gasteiger partial charge in [0.1, 0.15) is 5.69 Å². The highest BCUT2D eigenvalue weighted by molar-refractivity contribution is 7.87. The average molecular weight is 338 g/mol. The highest BCUT2D eigenvalue weighted by Gasteiger charge is 2.25. The second-order valence-corrected chi connectivity index (χ2v) is 7.28. The molecule has 1 fully saturated rings. The fourth-order valence-electron chi connectivity index (χ4n) is 1.55. The van der Waals surface area contributed by atoms with Crippen molar-refractivity contribution in [1.82, 2.24) is 4.98 Å². The van der Waals surface area contributed by atoms with Gasteiger partial charge in [-0.2, -0.15) is 8.78 Å². The monoisotopic (exact) mass is 338 g/mol. The lowest BCUT2D eigenvalue weighted by atomic mass is 10.4. The van der Waals surface area contributed by atoms with E-state index in [9.17, 15) is 22.6 Å². The molecule has 0 spiro atoms. The minimum absolute atomic E-state index is 0.202. The molecule has 1 saturated carbocycles. The van der Waals surface area contributed by atoms with E-state index in [-0.39, 0.29) is 10.1 Å². The van der Waals surface area contributed by atoms with Crippen molar-refractivity contribution >= 4 is 28.4 Å². The van der Waals surface area contributed by atoms with Crippen molar-refractivity contribution in [2.45, 2.75) is 23.6 Å². The molecule has 2 rings (SSSR count). The Labute approximate surface area is 126 Å². The van der Waals surface area contributed by atoms with Crippen molar-refractivity contribution in [2.75, 3.05) is 12.3 Å². The van der Waals surface area contributed by atoms with Gasteiger partial charge in [-0.05, 0) is 12.8 Å². The second-order valence-electron chi connectivity index (χ2n) is 4.68. The zero-order valence-electron chi connectivity index (χ0n) is 10.9. The molecule has 1 heterocycles. The predicted octanol–water partition coefficient (Wildman–Crippen LogP) is 3.06. The molecule has 9 heteroatoms. The van der Waals surface area contributed by atoms with Gasteiger partial charge in [-0.15, -0.1) is 11.3 Å². The van der Waals surface area contributed by atoms with Crippen LogP contribution in [0, 0.1) is 11.1 Å². The first-order valence-corrected chi connectivity index (χ1v) is 8.47. The van der Waals surface area contributed by atoms with Crippen LogP contribution in [-0.4, -0.2) is 32.4 Å². The lowest BCUT2D eigenvalue weighted by Gasteiger charge is -2.00. The molecule has 1 aromatic rings. The van der Waals surface area contributed by atoms with Gasteiger partial charge in [0.25, 0.3) is 0 Å². The maximum atomic E-state index is 12.6. The third-order valence-corrected chi connectivity index (χ3v) is 5.37. The molecule has 1 aliphatic rings. The molecule has 21 heavy (non-hydrogen) atoms. The first kappa shape index (κ1) is 16.2. The summed E-state index contributed by atoms with van der Waals surface area (Å²) < 4.78 is 49.2. The summed E-state index contributed by atoms with van der Waals surface area (Å²) in [6.45, 7) is 0.418. The van der Waals surface area contributed by atoms with Gasteiger partial charge in [0.15, 0.2) is 16.7 Å². The van der Waals surface area contributed by atoms with Crippen molar-refractivity contribution in [1.29, 1.82) is 0 Å². The van der Waals surface area contributed by atoms with Crippen LogP contribution in [-0.2, 0) is 10.8 Å². The van der Waals surface area contributed by atoms with Crippen LogP contribution in [0.25, 0.3) is 0 Å². The van der Waals surface area contributed by atoms with Crippen LogP contribution in [0.2, 0.25) is 0 Å². The maximum absolute atomic E-state index is 12.6. The standard InChI is InChI=1S/C12H13F3N2O2S2/c13-10(11(14)15)3-4-21(19)12-16-9(7-20-12)6-17(18)5-8-1-2-8/h6-8H,1-5H2/b17-6-. The van der Waals surface area contributed by atoms with E-state index in [1.807, 2.05) is 0 Å². The van der Waals surface area contributed by atoms with Gasteiger partial charge < -0.3 is 5.21 Å². The van der Waals surface area contributed by atoms with Crippen molar-refractivity contribution < 1.29 is 22.1 Å². The number of allylic oxidation sites excluding steroid dienone is 1. The lowest BCUT2D eigenvalue weighted by molar-refractivity contribution is -0.456. The summed E-state index contributed by atoms with van der Waals surface area (Å²) in [7, 11) is -1.65. The van der Waals surface area contributed by atoms with Crippen LogP contribution in [0.4, 0.5) is 13.2 Å². The number of nitrogens with zero attached hydrogens (tertiary/aromatic N) is 2. The molecule has 1 atom stereocenters. The van der Waals surface area contributed by atoms with Gasteiger partial charge >= 0.3 is 6.08 Å². The summed E-state index contributed by atoms with van der Waals surface area (Å²) in [5, 5.41) is 13.1. The largest absolute Gasteiger partial charge is 0.624 e. The summed E-state index contributed by atoms with van der Waals surface area (Å²) in [4.78, 5) is 4.00. The molecule has 1 unspecified atom stereocenters.